The predicted octanol–water partition coefficient (Wildman–Crippen LogP) is 2.67. The summed E-state index contributed by atoms with van der Waals surface area (Å²) in [4.78, 5) is 48.3. The maximum absolute atomic E-state index is 12.3. The predicted molar refractivity (Wildman–Crippen MR) is 123 cm³/mol. The van der Waals surface area contributed by atoms with Gasteiger partial charge >= 0.3 is 12.1 Å². The lowest BCUT2D eigenvalue weighted by atomic mass is 9.85. The van der Waals surface area contributed by atoms with Gasteiger partial charge in [0.15, 0.2) is 0 Å². The first-order valence-corrected chi connectivity index (χ1v) is 12.4. The van der Waals surface area contributed by atoms with Gasteiger partial charge in [0.25, 0.3) is 0 Å². The van der Waals surface area contributed by atoms with Gasteiger partial charge in [-0.2, -0.15) is 0 Å². The van der Waals surface area contributed by atoms with E-state index in [9.17, 15) is 19.2 Å². The van der Waals surface area contributed by atoms with Gasteiger partial charge < -0.3 is 25.4 Å². The van der Waals surface area contributed by atoms with Crippen LogP contribution in [-0.4, -0.2) is 56.2 Å². The Morgan fingerprint density at radius 2 is 1.88 bits per heavy atom. The zero-order chi connectivity index (χ0) is 24.2. The molecule has 0 radical (unpaired) electrons. The number of amides is 3. The quantitative estimate of drug-likeness (QED) is 0.300. The van der Waals surface area contributed by atoms with E-state index in [0.717, 1.165) is 31.6 Å². The van der Waals surface area contributed by atoms with Crippen molar-refractivity contribution in [1.29, 1.82) is 0 Å². The Morgan fingerprint density at radius 3 is 2.48 bits per heavy atom. The van der Waals surface area contributed by atoms with E-state index in [1.54, 1.807) is 0 Å². The summed E-state index contributed by atoms with van der Waals surface area (Å²) in [6, 6.07) is -0.848. The first kappa shape index (κ1) is 26.9. The number of rotatable bonds is 12. The van der Waals surface area contributed by atoms with Crippen molar-refractivity contribution in [3.05, 3.63) is 0 Å². The molecule has 3 N–H and O–H groups in total. The van der Waals surface area contributed by atoms with E-state index in [1.165, 1.54) is 20.0 Å². The van der Waals surface area contributed by atoms with Gasteiger partial charge in [-0.1, -0.05) is 26.7 Å². The first-order chi connectivity index (χ1) is 15.8. The third-order valence-electron chi connectivity index (χ3n) is 6.80. The summed E-state index contributed by atoms with van der Waals surface area (Å²) in [5.41, 5.74) is 0. The van der Waals surface area contributed by atoms with Crippen LogP contribution in [-0.2, 0) is 23.9 Å². The van der Waals surface area contributed by atoms with Crippen LogP contribution in [0, 0.1) is 17.8 Å². The molecule has 1 heterocycles. The van der Waals surface area contributed by atoms with Gasteiger partial charge in [-0.3, -0.25) is 9.59 Å². The summed E-state index contributed by atoms with van der Waals surface area (Å²) < 4.78 is 10.3. The number of carbonyl (C=O) groups is 4. The minimum absolute atomic E-state index is 0.00352. The molecule has 0 bridgehead atoms. The molecule has 1 saturated heterocycles. The number of alkyl carbamates (subject to hydrolysis) is 1. The fraction of sp³-hybridized carbons (Fsp3) is 0.833. The average Bonchev–Trinajstić information content (AvgIpc) is 3.11. The van der Waals surface area contributed by atoms with Gasteiger partial charge in [0.05, 0.1) is 7.11 Å². The van der Waals surface area contributed by atoms with Gasteiger partial charge in [-0.05, 0) is 56.8 Å². The van der Waals surface area contributed by atoms with E-state index in [4.69, 9.17) is 9.47 Å². The molecule has 2 fully saturated rings. The molecule has 1 unspecified atom stereocenters. The fourth-order valence-electron chi connectivity index (χ4n) is 4.75. The van der Waals surface area contributed by atoms with Crippen LogP contribution in [0.15, 0.2) is 0 Å². The molecule has 0 aromatic carbocycles. The summed E-state index contributed by atoms with van der Waals surface area (Å²) in [7, 11) is 1.27. The zero-order valence-corrected chi connectivity index (χ0v) is 20.3. The molecule has 0 aromatic heterocycles. The van der Waals surface area contributed by atoms with Gasteiger partial charge in [0, 0.05) is 25.4 Å². The highest BCUT2D eigenvalue weighted by Gasteiger charge is 2.36. The minimum Gasteiger partial charge on any atom is -0.467 e. The molecule has 1 saturated carbocycles. The highest BCUT2D eigenvalue weighted by molar-refractivity contribution is 5.86. The molecular weight excluding hydrogens is 426 g/mol. The minimum atomic E-state index is -0.848. The van der Waals surface area contributed by atoms with Crippen molar-refractivity contribution in [2.45, 2.75) is 90.2 Å². The molecule has 0 aromatic rings. The van der Waals surface area contributed by atoms with Crippen molar-refractivity contribution in [1.82, 2.24) is 16.0 Å². The molecule has 188 valence electrons. The summed E-state index contributed by atoms with van der Waals surface area (Å²) in [5.74, 6) is -0.393. The maximum Gasteiger partial charge on any atom is 0.407 e. The number of nitrogens with one attached hydrogen (secondary N) is 3. The Hall–Kier alpha value is -2.32. The van der Waals surface area contributed by atoms with Crippen LogP contribution < -0.4 is 16.0 Å². The van der Waals surface area contributed by atoms with Crippen molar-refractivity contribution in [2.75, 3.05) is 20.2 Å². The largest absolute Gasteiger partial charge is 0.467 e. The van der Waals surface area contributed by atoms with Crippen molar-refractivity contribution < 1.29 is 28.7 Å². The maximum atomic E-state index is 12.3. The average molecular weight is 468 g/mol. The second-order valence-corrected chi connectivity index (χ2v) is 9.43. The molecule has 0 spiro atoms. The monoisotopic (exact) mass is 467 g/mol. The third kappa shape index (κ3) is 9.21. The Bertz CT molecular complexity index is 663. The van der Waals surface area contributed by atoms with Crippen molar-refractivity contribution >= 4 is 23.9 Å². The van der Waals surface area contributed by atoms with Crippen LogP contribution >= 0.6 is 0 Å². The van der Waals surface area contributed by atoms with E-state index in [-0.39, 0.29) is 42.6 Å². The highest BCUT2D eigenvalue weighted by atomic mass is 16.6. The zero-order valence-electron chi connectivity index (χ0n) is 20.3. The Morgan fingerprint density at radius 1 is 1.15 bits per heavy atom. The number of unbranched alkanes of at least 4 members (excludes halogenated alkanes) is 1. The number of esters is 1. The number of carbonyl (C=O) groups excluding carboxylic acids is 4. The van der Waals surface area contributed by atoms with Gasteiger partial charge in [-0.25, -0.2) is 9.59 Å². The van der Waals surface area contributed by atoms with Crippen molar-refractivity contribution in [3.8, 4) is 0 Å². The van der Waals surface area contributed by atoms with Gasteiger partial charge in [0.2, 0.25) is 11.8 Å². The van der Waals surface area contributed by atoms with Crippen LogP contribution in [0.3, 0.4) is 0 Å². The van der Waals surface area contributed by atoms with E-state index in [0.29, 0.717) is 25.9 Å². The van der Waals surface area contributed by atoms with Crippen LogP contribution in [0.25, 0.3) is 0 Å². The molecule has 33 heavy (non-hydrogen) atoms. The van der Waals surface area contributed by atoms with Crippen LogP contribution in [0.5, 0.6) is 0 Å². The smallest absolute Gasteiger partial charge is 0.407 e. The molecule has 3 amide bonds. The van der Waals surface area contributed by atoms with Crippen molar-refractivity contribution in [3.63, 3.8) is 0 Å². The summed E-state index contributed by atoms with van der Waals surface area (Å²) in [5, 5.41) is 8.23. The molecule has 1 aliphatic carbocycles. The molecule has 2 rings (SSSR count). The Kier molecular flexibility index (Phi) is 11.5. The topological polar surface area (TPSA) is 123 Å². The number of ether oxygens (including phenoxy) is 2. The van der Waals surface area contributed by atoms with Crippen LogP contribution in [0.4, 0.5) is 4.79 Å². The van der Waals surface area contributed by atoms with Gasteiger partial charge in [0.1, 0.15) is 12.1 Å². The van der Waals surface area contributed by atoms with E-state index >= 15 is 0 Å². The molecule has 2 aliphatic rings. The Labute approximate surface area is 197 Å². The first-order valence-electron chi connectivity index (χ1n) is 12.4. The third-order valence-corrected chi connectivity index (χ3v) is 6.80. The normalized spacial score (nSPS) is 25.6. The van der Waals surface area contributed by atoms with E-state index in [2.05, 4.69) is 22.9 Å². The lowest BCUT2D eigenvalue weighted by Crippen LogP contribution is -2.44. The second kappa shape index (κ2) is 14.1. The molecule has 9 heteroatoms. The van der Waals surface area contributed by atoms with E-state index < -0.39 is 18.1 Å². The summed E-state index contributed by atoms with van der Waals surface area (Å²) >= 11 is 0. The number of hydrogen-bond acceptors (Lipinski definition) is 6. The van der Waals surface area contributed by atoms with Gasteiger partial charge in [-0.15, -0.1) is 0 Å². The second-order valence-electron chi connectivity index (χ2n) is 9.43. The molecule has 9 nitrogen and oxygen atoms in total. The SMILES string of the molecule is CCCC1CCC(OC(=O)NCCCCC(=O)N[C@@H](C[C@@H]2C(=O)NCC2C)C(=O)OC)CC1. The number of hydrogen-bond donors (Lipinski definition) is 3. The molecular formula is C24H41N3O6. The molecule has 1 aliphatic heterocycles. The highest BCUT2D eigenvalue weighted by Crippen LogP contribution is 2.29. The van der Waals surface area contributed by atoms with Crippen LogP contribution in [0.2, 0.25) is 0 Å². The lowest BCUT2D eigenvalue weighted by Gasteiger charge is -2.28. The van der Waals surface area contributed by atoms with E-state index in [1.807, 2.05) is 6.92 Å². The molecule has 3 atom stereocenters. The number of methoxy groups -OCH3 is 1. The van der Waals surface area contributed by atoms with Crippen molar-refractivity contribution in [2.24, 2.45) is 17.8 Å². The fourth-order valence-corrected chi connectivity index (χ4v) is 4.75. The van der Waals surface area contributed by atoms with Crippen LogP contribution in [0.1, 0.15) is 78.1 Å². The Balaban J connectivity index is 1.61. The lowest BCUT2D eigenvalue weighted by molar-refractivity contribution is -0.146. The standard InChI is InChI=1S/C24H41N3O6/c1-4-7-17-9-11-18(12-10-17)33-24(31)25-13-6-5-8-21(28)27-20(23(30)32-3)14-19-16(2)15-26-22(19)29/h16-20H,4-15H2,1-3H3,(H,25,31)(H,26,29)(H,27,28)/t16?,17?,18?,19-,20-/m0/s1. The summed E-state index contributed by atoms with van der Waals surface area (Å²) in [6.07, 6.45) is 7.79. The summed E-state index contributed by atoms with van der Waals surface area (Å²) in [6.45, 7) is 5.14.